The molecule has 148 valence electrons. The molecule has 0 aliphatic carbocycles. The summed E-state index contributed by atoms with van der Waals surface area (Å²) in [4.78, 5) is 12.3. The highest BCUT2D eigenvalue weighted by atomic mass is 35.5. The van der Waals surface area contributed by atoms with Gasteiger partial charge in [0.2, 0.25) is 6.73 Å². The fourth-order valence-electron chi connectivity index (χ4n) is 4.35. The third kappa shape index (κ3) is 3.51. The zero-order valence-electron chi connectivity index (χ0n) is 16.9. The highest BCUT2D eigenvalue weighted by molar-refractivity contribution is 6.30. The summed E-state index contributed by atoms with van der Waals surface area (Å²) in [5.74, 6) is 2.15. The fraction of sp³-hybridized carbons (Fsp3) is 0.435. The van der Waals surface area contributed by atoms with Crippen LogP contribution in [0, 0.1) is 5.41 Å². The van der Waals surface area contributed by atoms with Gasteiger partial charge in [-0.25, -0.2) is 0 Å². The van der Waals surface area contributed by atoms with E-state index in [4.69, 9.17) is 21.1 Å². The molecule has 2 aromatic carbocycles. The van der Waals surface area contributed by atoms with Gasteiger partial charge in [0.25, 0.3) is 0 Å². The summed E-state index contributed by atoms with van der Waals surface area (Å²) < 4.78 is 12.6. The Morgan fingerprint density at radius 2 is 1.75 bits per heavy atom. The Labute approximate surface area is 171 Å². The number of hydrogen-bond acceptors (Lipinski definition) is 3. The van der Waals surface area contributed by atoms with E-state index in [1.165, 1.54) is 5.56 Å². The van der Waals surface area contributed by atoms with Crippen LogP contribution >= 0.6 is 11.6 Å². The molecular formula is C23H27ClNO3+. The van der Waals surface area contributed by atoms with E-state index >= 15 is 0 Å². The van der Waals surface area contributed by atoms with E-state index in [0.29, 0.717) is 16.2 Å². The average molecular weight is 401 g/mol. The number of rotatable bonds is 2. The number of likely N-dealkylation sites (N-methyl/N-ethyl adjacent to an activating group) is 1. The van der Waals surface area contributed by atoms with Crippen LogP contribution in [0.3, 0.4) is 0 Å². The minimum atomic E-state index is -0.496. The monoisotopic (exact) mass is 400 g/mol. The first-order chi connectivity index (χ1) is 13.2. The number of esters is 1. The summed E-state index contributed by atoms with van der Waals surface area (Å²) in [6.07, 6.45) is 0. The zero-order chi connectivity index (χ0) is 20.1. The van der Waals surface area contributed by atoms with Crippen LogP contribution in [-0.2, 0) is 9.53 Å². The van der Waals surface area contributed by atoms with E-state index < -0.39 is 5.41 Å². The van der Waals surface area contributed by atoms with Gasteiger partial charge in [0.05, 0.1) is 25.6 Å². The lowest BCUT2D eigenvalue weighted by atomic mass is 9.84. The maximum atomic E-state index is 12.3. The number of halogens is 1. The number of para-hydroxylation sites is 1. The van der Waals surface area contributed by atoms with Crippen molar-refractivity contribution in [3.8, 4) is 11.5 Å². The molecule has 2 aliphatic rings. The Morgan fingerprint density at radius 3 is 2.46 bits per heavy atom. The molecule has 2 heterocycles. The van der Waals surface area contributed by atoms with Gasteiger partial charge >= 0.3 is 5.97 Å². The summed E-state index contributed by atoms with van der Waals surface area (Å²) in [6.45, 7) is 7.78. The normalized spacial score (nSPS) is 25.8. The van der Waals surface area contributed by atoms with E-state index in [0.717, 1.165) is 30.2 Å². The van der Waals surface area contributed by atoms with Gasteiger partial charge in [-0.05, 0) is 45.0 Å². The molecule has 0 N–H and O–H groups in total. The third-order valence-electron chi connectivity index (χ3n) is 5.79. The molecule has 28 heavy (non-hydrogen) atoms. The number of carbonyl (C=O) groups is 1. The summed E-state index contributed by atoms with van der Waals surface area (Å²) in [7, 11) is 2.16. The quantitative estimate of drug-likeness (QED) is 0.505. The number of likely N-dealkylation sites (tertiary alicyclic amines) is 1. The number of fused-ring (bicyclic) bond motifs is 5. The largest absolute Gasteiger partial charge is 0.457 e. The van der Waals surface area contributed by atoms with E-state index in [1.807, 2.05) is 51.1 Å². The van der Waals surface area contributed by atoms with Crippen molar-refractivity contribution in [2.24, 2.45) is 5.41 Å². The van der Waals surface area contributed by atoms with Crippen LogP contribution in [0.15, 0.2) is 42.5 Å². The lowest BCUT2D eigenvalue weighted by Crippen LogP contribution is -2.45. The van der Waals surface area contributed by atoms with Crippen molar-refractivity contribution in [3.63, 3.8) is 0 Å². The molecule has 0 amide bonds. The van der Waals surface area contributed by atoms with Gasteiger partial charge < -0.3 is 9.47 Å². The van der Waals surface area contributed by atoms with Crippen molar-refractivity contribution in [1.82, 2.24) is 0 Å². The van der Waals surface area contributed by atoms with Crippen LogP contribution in [0.4, 0.5) is 0 Å². The van der Waals surface area contributed by atoms with Crippen LogP contribution in [0.1, 0.15) is 43.7 Å². The van der Waals surface area contributed by atoms with Gasteiger partial charge in [0.1, 0.15) is 11.5 Å². The molecule has 5 heteroatoms. The molecule has 2 aromatic rings. The lowest BCUT2D eigenvalue weighted by molar-refractivity contribution is -0.915. The van der Waals surface area contributed by atoms with Gasteiger partial charge in [-0.15, -0.1) is 0 Å². The highest BCUT2D eigenvalue weighted by Crippen LogP contribution is 2.51. The van der Waals surface area contributed by atoms with Gasteiger partial charge in [-0.2, -0.15) is 0 Å². The van der Waals surface area contributed by atoms with Gasteiger partial charge in [-0.3, -0.25) is 9.28 Å². The molecular weight excluding hydrogens is 374 g/mol. The van der Waals surface area contributed by atoms with Gasteiger partial charge in [-0.1, -0.05) is 29.8 Å². The molecule has 0 radical (unpaired) electrons. The summed E-state index contributed by atoms with van der Waals surface area (Å²) >= 11 is 6.33. The summed E-state index contributed by atoms with van der Waals surface area (Å²) in [5, 5.41) is 0.715. The van der Waals surface area contributed by atoms with Crippen molar-refractivity contribution >= 4 is 17.6 Å². The molecule has 4 rings (SSSR count). The van der Waals surface area contributed by atoms with Crippen molar-refractivity contribution in [2.45, 2.75) is 32.6 Å². The molecule has 3 atom stereocenters. The molecule has 0 bridgehead atoms. The number of quaternary nitrogens is 1. The van der Waals surface area contributed by atoms with Crippen molar-refractivity contribution in [3.05, 3.63) is 58.6 Å². The SMILES string of the molecule is CC(C)(C)C(=O)OC[N+]1(C)CC2c3ccccc3Oc3ccc(Cl)cc3C2C1. The number of nitrogens with zero attached hydrogens (tertiary/aromatic N) is 1. The molecule has 0 saturated carbocycles. The van der Waals surface area contributed by atoms with E-state index in [-0.39, 0.29) is 17.8 Å². The molecule has 1 saturated heterocycles. The number of ether oxygens (including phenoxy) is 2. The van der Waals surface area contributed by atoms with E-state index in [9.17, 15) is 4.79 Å². The van der Waals surface area contributed by atoms with Crippen LogP contribution in [-0.4, -0.2) is 37.3 Å². The topological polar surface area (TPSA) is 35.5 Å². The van der Waals surface area contributed by atoms with Gasteiger partial charge in [0, 0.05) is 28.0 Å². The van der Waals surface area contributed by atoms with Crippen LogP contribution < -0.4 is 4.74 Å². The Balaban J connectivity index is 1.69. The Hall–Kier alpha value is -2.04. The second kappa shape index (κ2) is 6.78. The maximum Gasteiger partial charge on any atom is 0.315 e. The lowest BCUT2D eigenvalue weighted by Gasteiger charge is -2.30. The second-order valence-electron chi connectivity index (χ2n) is 9.33. The number of carbonyl (C=O) groups excluding carboxylic acids is 1. The Bertz CT molecular complexity index is 920. The van der Waals surface area contributed by atoms with Crippen LogP contribution in [0.2, 0.25) is 5.02 Å². The molecule has 0 spiro atoms. The Morgan fingerprint density at radius 1 is 1.11 bits per heavy atom. The zero-order valence-corrected chi connectivity index (χ0v) is 17.6. The predicted octanol–water partition coefficient (Wildman–Crippen LogP) is 5.32. The minimum absolute atomic E-state index is 0.161. The van der Waals surface area contributed by atoms with Gasteiger partial charge in [0.15, 0.2) is 0 Å². The number of benzene rings is 2. The van der Waals surface area contributed by atoms with Crippen LogP contribution in [0.25, 0.3) is 0 Å². The average Bonchev–Trinajstić information content (AvgIpc) is 2.93. The Kier molecular flexibility index (Phi) is 4.67. The minimum Gasteiger partial charge on any atom is -0.457 e. The molecule has 1 fully saturated rings. The first-order valence-corrected chi connectivity index (χ1v) is 10.1. The molecule has 2 aliphatic heterocycles. The van der Waals surface area contributed by atoms with Crippen molar-refractivity contribution in [2.75, 3.05) is 26.9 Å². The van der Waals surface area contributed by atoms with Crippen molar-refractivity contribution < 1.29 is 18.8 Å². The van der Waals surface area contributed by atoms with E-state index in [2.05, 4.69) is 19.2 Å². The standard InChI is InChI=1S/C23H27ClNO3/c1-23(2,3)22(26)27-14-25(4)12-18-16-7-5-6-8-20(16)28-21-10-9-15(24)11-17(21)19(18)13-25/h5-11,18-19H,12-14H2,1-4H3/q+1. The maximum absolute atomic E-state index is 12.3. The van der Waals surface area contributed by atoms with Crippen LogP contribution in [0.5, 0.6) is 11.5 Å². The third-order valence-corrected chi connectivity index (χ3v) is 6.03. The highest BCUT2D eigenvalue weighted by Gasteiger charge is 2.48. The molecule has 3 unspecified atom stereocenters. The summed E-state index contributed by atoms with van der Waals surface area (Å²) in [6, 6.07) is 14.1. The summed E-state index contributed by atoms with van der Waals surface area (Å²) in [5.41, 5.74) is 1.85. The van der Waals surface area contributed by atoms with Crippen molar-refractivity contribution in [1.29, 1.82) is 0 Å². The molecule has 0 aromatic heterocycles. The smallest absolute Gasteiger partial charge is 0.315 e. The van der Waals surface area contributed by atoms with E-state index in [1.54, 1.807) is 0 Å². The molecule has 4 nitrogen and oxygen atoms in total. The first kappa shape index (κ1) is 19.3. The number of hydrogen-bond donors (Lipinski definition) is 0. The fourth-order valence-corrected chi connectivity index (χ4v) is 4.53. The first-order valence-electron chi connectivity index (χ1n) is 9.73. The predicted molar refractivity (Wildman–Crippen MR) is 110 cm³/mol. The second-order valence-corrected chi connectivity index (χ2v) is 9.77.